The van der Waals surface area contributed by atoms with Gasteiger partial charge in [-0.1, -0.05) is 60.3 Å². The van der Waals surface area contributed by atoms with Gasteiger partial charge < -0.3 is 19.8 Å². The minimum atomic E-state index is -0.833. The molecule has 0 saturated heterocycles. The maximum atomic E-state index is 13.5. The normalized spacial score (nSPS) is 15.0. The topological polar surface area (TPSA) is 105 Å². The first-order chi connectivity index (χ1) is 18.0. The van der Waals surface area contributed by atoms with Crippen molar-refractivity contribution < 1.29 is 24.6 Å². The Bertz CT molecular complexity index is 1370. The summed E-state index contributed by atoms with van der Waals surface area (Å²) in [4.78, 5) is 18.5. The monoisotopic (exact) mass is 515 g/mol. The van der Waals surface area contributed by atoms with E-state index in [9.17, 15) is 10.2 Å². The molecular formula is C31H37N3O4. The zero-order chi connectivity index (χ0) is 27.9. The van der Waals surface area contributed by atoms with Crippen molar-refractivity contribution in [2.75, 3.05) is 27.2 Å². The van der Waals surface area contributed by atoms with Gasteiger partial charge in [0.05, 0.1) is 37.6 Å². The lowest BCUT2D eigenvalue weighted by Crippen LogP contribution is -2.39. The molecule has 0 unspecified atom stereocenters. The average molecular weight is 516 g/mol. The lowest BCUT2D eigenvalue weighted by Gasteiger charge is -2.30. The second-order valence-electron chi connectivity index (χ2n) is 10.4. The molecule has 200 valence electrons. The number of aromatic hydroxyl groups is 1. The number of phenols is 1. The van der Waals surface area contributed by atoms with Crippen molar-refractivity contribution >= 4 is 28.2 Å². The van der Waals surface area contributed by atoms with Crippen molar-refractivity contribution in [2.24, 2.45) is 9.98 Å². The summed E-state index contributed by atoms with van der Waals surface area (Å²) < 4.78 is 0.866. The molecule has 4 rings (SSSR count). The van der Waals surface area contributed by atoms with Crippen LogP contribution in [0.3, 0.4) is 0 Å². The van der Waals surface area contributed by atoms with Gasteiger partial charge in [-0.25, -0.2) is 0 Å². The summed E-state index contributed by atoms with van der Waals surface area (Å²) in [5.74, 6) is -0.842. The summed E-state index contributed by atoms with van der Waals surface area (Å²) in [7, 11) is 4.45. The first-order valence-corrected chi connectivity index (χ1v) is 12.8. The van der Waals surface area contributed by atoms with Gasteiger partial charge in [-0.05, 0) is 31.4 Å². The van der Waals surface area contributed by atoms with Crippen LogP contribution in [0.15, 0.2) is 76.7 Å². The SMILES string of the molecule is CC(=O)O.CC(C)N=C1C=CC(=NCCC[N+](C)(C)Cc2ccccc2)c2c1c(O)c1ccccc1c2[O-]. The van der Waals surface area contributed by atoms with Crippen LogP contribution in [-0.2, 0) is 11.3 Å². The number of nitrogens with zero attached hydrogens (tertiary/aromatic N) is 3. The molecule has 0 aliphatic heterocycles. The molecule has 38 heavy (non-hydrogen) atoms. The number of aliphatic carboxylic acids is 1. The van der Waals surface area contributed by atoms with E-state index < -0.39 is 5.97 Å². The quantitative estimate of drug-likeness (QED) is 0.344. The predicted octanol–water partition coefficient (Wildman–Crippen LogP) is 4.93. The molecule has 0 saturated carbocycles. The number of carbonyl (C=O) groups is 1. The lowest BCUT2D eigenvalue weighted by molar-refractivity contribution is -0.903. The number of hydrogen-bond acceptors (Lipinski definition) is 5. The highest BCUT2D eigenvalue weighted by Gasteiger charge is 2.24. The lowest BCUT2D eigenvalue weighted by atomic mass is 9.88. The second-order valence-corrected chi connectivity index (χ2v) is 10.4. The van der Waals surface area contributed by atoms with Crippen molar-refractivity contribution in [3.63, 3.8) is 0 Å². The Hall–Kier alpha value is -3.97. The molecule has 7 heteroatoms. The third-order valence-electron chi connectivity index (χ3n) is 6.11. The third kappa shape index (κ3) is 7.29. The summed E-state index contributed by atoms with van der Waals surface area (Å²) in [5, 5.41) is 33.1. The highest BCUT2D eigenvalue weighted by Crippen LogP contribution is 2.40. The Morgan fingerprint density at radius 3 is 2.16 bits per heavy atom. The molecule has 0 spiro atoms. The Morgan fingerprint density at radius 1 is 0.947 bits per heavy atom. The van der Waals surface area contributed by atoms with Gasteiger partial charge in [-0.15, -0.1) is 0 Å². The van der Waals surface area contributed by atoms with E-state index in [2.05, 4.69) is 43.4 Å². The van der Waals surface area contributed by atoms with Crippen molar-refractivity contribution in [3.05, 3.63) is 83.4 Å². The van der Waals surface area contributed by atoms with Gasteiger partial charge in [-0.3, -0.25) is 14.8 Å². The number of benzene rings is 3. The Kier molecular flexibility index (Phi) is 9.42. The highest BCUT2D eigenvalue weighted by molar-refractivity contribution is 6.30. The molecule has 0 radical (unpaired) electrons. The van der Waals surface area contributed by atoms with E-state index in [1.54, 1.807) is 12.1 Å². The molecule has 3 aromatic rings. The summed E-state index contributed by atoms with van der Waals surface area (Å²) >= 11 is 0. The van der Waals surface area contributed by atoms with E-state index in [1.807, 2.05) is 44.2 Å². The van der Waals surface area contributed by atoms with Crippen molar-refractivity contribution in [1.29, 1.82) is 0 Å². The van der Waals surface area contributed by atoms with Crippen LogP contribution in [0.1, 0.15) is 43.9 Å². The van der Waals surface area contributed by atoms with Gasteiger partial charge in [0.25, 0.3) is 5.97 Å². The Balaban J connectivity index is 0.000000934. The van der Waals surface area contributed by atoms with Crippen LogP contribution in [0.5, 0.6) is 11.5 Å². The maximum Gasteiger partial charge on any atom is 0.300 e. The fraction of sp³-hybridized carbons (Fsp3) is 0.323. The average Bonchev–Trinajstić information content (AvgIpc) is 2.85. The zero-order valence-electron chi connectivity index (χ0n) is 22.8. The molecule has 0 heterocycles. The van der Waals surface area contributed by atoms with E-state index in [4.69, 9.17) is 14.9 Å². The second kappa shape index (κ2) is 12.5. The van der Waals surface area contributed by atoms with Crippen LogP contribution in [0.2, 0.25) is 0 Å². The van der Waals surface area contributed by atoms with Crippen LogP contribution < -0.4 is 5.11 Å². The molecule has 2 N–H and O–H groups in total. The van der Waals surface area contributed by atoms with E-state index >= 15 is 0 Å². The predicted molar refractivity (Wildman–Crippen MR) is 152 cm³/mol. The molecule has 0 bridgehead atoms. The smallest absolute Gasteiger partial charge is 0.300 e. The molecule has 0 amide bonds. The summed E-state index contributed by atoms with van der Waals surface area (Å²) in [6, 6.07) is 17.7. The summed E-state index contributed by atoms with van der Waals surface area (Å²) in [5.41, 5.74) is 3.52. The third-order valence-corrected chi connectivity index (χ3v) is 6.11. The van der Waals surface area contributed by atoms with E-state index in [0.717, 1.165) is 30.9 Å². The molecule has 7 nitrogen and oxygen atoms in total. The minimum Gasteiger partial charge on any atom is -0.872 e. The molecule has 0 aromatic heterocycles. The first-order valence-electron chi connectivity index (χ1n) is 12.8. The Morgan fingerprint density at radius 2 is 1.53 bits per heavy atom. The number of aliphatic imine (C=N–C) groups is 2. The van der Waals surface area contributed by atoms with Crippen LogP contribution in [0.25, 0.3) is 10.8 Å². The van der Waals surface area contributed by atoms with Crippen LogP contribution in [0, 0.1) is 0 Å². The maximum absolute atomic E-state index is 13.5. The minimum absolute atomic E-state index is 0.0385. The van der Waals surface area contributed by atoms with Crippen molar-refractivity contribution in [1.82, 2.24) is 0 Å². The molecular weight excluding hydrogens is 478 g/mol. The number of phenolic OH excluding ortho intramolecular Hbond substituents is 1. The zero-order valence-corrected chi connectivity index (χ0v) is 22.8. The molecule has 3 aromatic carbocycles. The number of fused-ring (bicyclic) bond motifs is 2. The van der Waals surface area contributed by atoms with Gasteiger partial charge in [-0.2, -0.15) is 0 Å². The standard InChI is InChI=1S/C29H33N3O2.C2H4O2/c1-20(2)31-25-16-15-24(26-27(25)29(34)23-14-9-8-13-22(23)28(26)33)30-17-10-18-32(3,4)19-21-11-6-5-7-12-21;1-2(3)4/h5-9,11-16,20H,10,17-19H2,1-4H3,(H-,30,31,33,34);1H3,(H,3,4). The summed E-state index contributed by atoms with van der Waals surface area (Å²) in [6.45, 7) is 7.58. The number of quaternary nitrogens is 1. The van der Waals surface area contributed by atoms with E-state index in [1.165, 1.54) is 5.56 Å². The number of rotatable bonds is 7. The van der Waals surface area contributed by atoms with E-state index in [0.29, 0.717) is 39.9 Å². The number of carboxylic acid groups (broad SMARTS) is 1. The fourth-order valence-corrected chi connectivity index (χ4v) is 4.58. The highest BCUT2D eigenvalue weighted by atomic mass is 16.4. The molecule has 1 aliphatic rings. The van der Waals surface area contributed by atoms with Gasteiger partial charge in [0.2, 0.25) is 0 Å². The summed E-state index contributed by atoms with van der Waals surface area (Å²) in [6.07, 6.45) is 4.63. The number of allylic oxidation sites excluding steroid dienone is 2. The van der Waals surface area contributed by atoms with Crippen LogP contribution >= 0.6 is 0 Å². The van der Waals surface area contributed by atoms with E-state index in [-0.39, 0.29) is 17.5 Å². The van der Waals surface area contributed by atoms with Crippen molar-refractivity contribution in [2.45, 2.75) is 39.8 Å². The number of hydrogen-bond donors (Lipinski definition) is 2. The molecule has 0 atom stereocenters. The van der Waals surface area contributed by atoms with Crippen LogP contribution in [0.4, 0.5) is 0 Å². The van der Waals surface area contributed by atoms with Crippen molar-refractivity contribution in [3.8, 4) is 11.5 Å². The molecule has 0 fully saturated rings. The Labute approximate surface area is 224 Å². The fourth-order valence-electron chi connectivity index (χ4n) is 4.58. The van der Waals surface area contributed by atoms with Gasteiger partial charge >= 0.3 is 0 Å². The van der Waals surface area contributed by atoms with Gasteiger partial charge in [0, 0.05) is 42.4 Å². The van der Waals surface area contributed by atoms with Gasteiger partial charge in [0.1, 0.15) is 12.3 Å². The van der Waals surface area contributed by atoms with Gasteiger partial charge in [0.15, 0.2) is 0 Å². The van der Waals surface area contributed by atoms with Crippen LogP contribution in [-0.4, -0.2) is 65.3 Å². The first kappa shape index (κ1) is 28.6. The molecule has 1 aliphatic carbocycles. The number of carboxylic acids is 1. The largest absolute Gasteiger partial charge is 0.872 e.